The van der Waals surface area contributed by atoms with Crippen molar-refractivity contribution in [2.24, 2.45) is 0 Å². The van der Waals surface area contributed by atoms with Crippen LogP contribution in [0.15, 0.2) is 39.2 Å². The van der Waals surface area contributed by atoms with Gasteiger partial charge in [0.15, 0.2) is 0 Å². The summed E-state index contributed by atoms with van der Waals surface area (Å²) >= 11 is 3.34. The molecule has 3 nitrogen and oxygen atoms in total. The number of nitriles is 1. The summed E-state index contributed by atoms with van der Waals surface area (Å²) in [4.78, 5) is 0. The number of nitrogen functional groups attached to an aromatic ring is 1. The summed E-state index contributed by atoms with van der Waals surface area (Å²) in [5, 5.41) is 8.73. The summed E-state index contributed by atoms with van der Waals surface area (Å²) in [6.07, 6.45) is 0. The van der Waals surface area contributed by atoms with Crippen LogP contribution in [0.5, 0.6) is 0 Å². The van der Waals surface area contributed by atoms with Crippen LogP contribution in [0.1, 0.15) is 5.56 Å². The van der Waals surface area contributed by atoms with Gasteiger partial charge in [0.05, 0.1) is 0 Å². The van der Waals surface area contributed by atoms with Gasteiger partial charge < -0.3 is 10.2 Å². The van der Waals surface area contributed by atoms with Gasteiger partial charge in [0.25, 0.3) is 0 Å². The molecule has 0 aliphatic rings. The van der Waals surface area contributed by atoms with Crippen LogP contribution >= 0.6 is 15.9 Å². The van der Waals surface area contributed by atoms with E-state index in [0.29, 0.717) is 11.3 Å². The van der Waals surface area contributed by atoms with E-state index < -0.39 is 0 Å². The number of benzene rings is 1. The minimum atomic E-state index is 0.162. The van der Waals surface area contributed by atoms with Crippen LogP contribution in [-0.4, -0.2) is 0 Å². The summed E-state index contributed by atoms with van der Waals surface area (Å²) < 4.78 is 6.26. The Labute approximate surface area is 95.2 Å². The fourth-order valence-corrected chi connectivity index (χ4v) is 1.51. The van der Waals surface area contributed by atoms with E-state index in [1.807, 2.05) is 30.3 Å². The molecule has 0 atom stereocenters. The first kappa shape index (κ1) is 9.81. The summed E-state index contributed by atoms with van der Waals surface area (Å²) in [6, 6.07) is 11.2. The minimum absolute atomic E-state index is 0.162. The Bertz CT molecular complexity index is 523. The summed E-state index contributed by atoms with van der Waals surface area (Å²) in [5.74, 6) is 0.770. The standard InChI is InChI=1S/C11H7BrN2O/c12-9-3-1-7(2-4-9)10-5-8(6-13)11(14)15-10/h1-5H,14H2. The van der Waals surface area contributed by atoms with Crippen molar-refractivity contribution >= 4 is 21.8 Å². The Morgan fingerprint density at radius 1 is 1.27 bits per heavy atom. The van der Waals surface area contributed by atoms with Gasteiger partial charge in [-0.3, -0.25) is 0 Å². The number of furan rings is 1. The summed E-state index contributed by atoms with van der Waals surface area (Å²) in [6.45, 7) is 0. The average Bonchev–Trinajstić information content (AvgIpc) is 2.61. The lowest BCUT2D eigenvalue weighted by Gasteiger charge is -1.95. The second-order valence-corrected chi connectivity index (χ2v) is 3.92. The molecule has 0 aliphatic carbocycles. The number of halogens is 1. The van der Waals surface area contributed by atoms with Crippen molar-refractivity contribution in [1.82, 2.24) is 0 Å². The smallest absolute Gasteiger partial charge is 0.208 e. The molecule has 0 spiro atoms. The highest BCUT2D eigenvalue weighted by Crippen LogP contribution is 2.27. The highest BCUT2D eigenvalue weighted by atomic mass is 79.9. The lowest BCUT2D eigenvalue weighted by atomic mass is 10.1. The van der Waals surface area contributed by atoms with E-state index in [1.165, 1.54) is 0 Å². The first-order valence-electron chi connectivity index (χ1n) is 4.26. The zero-order valence-corrected chi connectivity index (χ0v) is 9.28. The second kappa shape index (κ2) is 3.79. The third-order valence-electron chi connectivity index (χ3n) is 2.01. The van der Waals surface area contributed by atoms with Crippen LogP contribution in [-0.2, 0) is 0 Å². The Morgan fingerprint density at radius 2 is 1.93 bits per heavy atom. The molecule has 0 radical (unpaired) electrons. The topological polar surface area (TPSA) is 63.0 Å². The summed E-state index contributed by atoms with van der Waals surface area (Å²) in [7, 11) is 0. The van der Waals surface area contributed by atoms with E-state index >= 15 is 0 Å². The third-order valence-corrected chi connectivity index (χ3v) is 2.54. The number of anilines is 1. The molecule has 2 aromatic rings. The van der Waals surface area contributed by atoms with E-state index in [4.69, 9.17) is 15.4 Å². The van der Waals surface area contributed by atoms with Gasteiger partial charge in [-0.15, -0.1) is 0 Å². The van der Waals surface area contributed by atoms with E-state index in [2.05, 4.69) is 15.9 Å². The van der Waals surface area contributed by atoms with E-state index in [9.17, 15) is 0 Å². The Morgan fingerprint density at radius 3 is 2.47 bits per heavy atom. The van der Waals surface area contributed by atoms with Crippen LogP contribution < -0.4 is 5.73 Å². The lowest BCUT2D eigenvalue weighted by Crippen LogP contribution is -1.82. The van der Waals surface area contributed by atoms with Gasteiger partial charge in [0.1, 0.15) is 17.4 Å². The Hall–Kier alpha value is -1.73. The molecule has 0 saturated heterocycles. The fraction of sp³-hybridized carbons (Fsp3) is 0. The van der Waals surface area contributed by atoms with Crippen LogP contribution in [0, 0.1) is 11.3 Å². The molecular weight excluding hydrogens is 256 g/mol. The molecule has 0 bridgehead atoms. The van der Waals surface area contributed by atoms with Gasteiger partial charge in [-0.1, -0.05) is 28.1 Å². The molecule has 1 heterocycles. The molecule has 0 amide bonds. The van der Waals surface area contributed by atoms with Crippen molar-refractivity contribution in [3.63, 3.8) is 0 Å². The maximum atomic E-state index is 8.73. The van der Waals surface area contributed by atoms with E-state index in [1.54, 1.807) is 6.07 Å². The van der Waals surface area contributed by atoms with Crippen molar-refractivity contribution in [3.05, 3.63) is 40.4 Å². The quantitative estimate of drug-likeness (QED) is 0.859. The SMILES string of the molecule is N#Cc1cc(-c2ccc(Br)cc2)oc1N. The third kappa shape index (κ3) is 1.88. The predicted octanol–water partition coefficient (Wildman–Crippen LogP) is 3.16. The van der Waals surface area contributed by atoms with Gasteiger partial charge >= 0.3 is 0 Å². The lowest BCUT2D eigenvalue weighted by molar-refractivity contribution is 0.602. The molecule has 2 rings (SSSR count). The monoisotopic (exact) mass is 262 g/mol. The fourth-order valence-electron chi connectivity index (χ4n) is 1.25. The predicted molar refractivity (Wildman–Crippen MR) is 61.0 cm³/mol. The van der Waals surface area contributed by atoms with Crippen LogP contribution in [0.4, 0.5) is 5.88 Å². The van der Waals surface area contributed by atoms with Gasteiger partial charge in [0.2, 0.25) is 5.88 Å². The van der Waals surface area contributed by atoms with Crippen molar-refractivity contribution in [2.45, 2.75) is 0 Å². The molecule has 0 fully saturated rings. The van der Waals surface area contributed by atoms with Crippen molar-refractivity contribution in [1.29, 1.82) is 5.26 Å². The molecule has 1 aromatic carbocycles. The van der Waals surface area contributed by atoms with Crippen molar-refractivity contribution in [2.75, 3.05) is 5.73 Å². The van der Waals surface area contributed by atoms with E-state index in [-0.39, 0.29) is 5.88 Å². The average molecular weight is 263 g/mol. The molecule has 74 valence electrons. The molecular formula is C11H7BrN2O. The maximum absolute atomic E-state index is 8.73. The normalized spacial score (nSPS) is 9.87. The first-order chi connectivity index (χ1) is 7.20. The molecule has 15 heavy (non-hydrogen) atoms. The van der Waals surface area contributed by atoms with Gasteiger partial charge in [0, 0.05) is 16.1 Å². The van der Waals surface area contributed by atoms with Crippen molar-refractivity contribution < 1.29 is 4.42 Å². The van der Waals surface area contributed by atoms with Gasteiger partial charge in [-0.2, -0.15) is 5.26 Å². The molecule has 1 aromatic heterocycles. The van der Waals surface area contributed by atoms with Crippen LogP contribution in [0.3, 0.4) is 0 Å². The highest BCUT2D eigenvalue weighted by Gasteiger charge is 2.08. The minimum Gasteiger partial charge on any atom is -0.440 e. The van der Waals surface area contributed by atoms with Crippen molar-refractivity contribution in [3.8, 4) is 17.4 Å². The molecule has 0 unspecified atom stereocenters. The number of nitrogens with two attached hydrogens (primary N) is 1. The highest BCUT2D eigenvalue weighted by molar-refractivity contribution is 9.10. The first-order valence-corrected chi connectivity index (χ1v) is 5.05. The maximum Gasteiger partial charge on any atom is 0.208 e. The molecule has 2 N–H and O–H groups in total. The zero-order valence-electron chi connectivity index (χ0n) is 7.70. The van der Waals surface area contributed by atoms with Crippen LogP contribution in [0.25, 0.3) is 11.3 Å². The number of hydrogen-bond acceptors (Lipinski definition) is 3. The van der Waals surface area contributed by atoms with Gasteiger partial charge in [-0.05, 0) is 12.1 Å². The number of hydrogen-bond donors (Lipinski definition) is 1. The van der Waals surface area contributed by atoms with E-state index in [0.717, 1.165) is 10.0 Å². The molecule has 0 saturated carbocycles. The Kier molecular flexibility index (Phi) is 2.48. The number of rotatable bonds is 1. The van der Waals surface area contributed by atoms with Crippen LogP contribution in [0.2, 0.25) is 0 Å². The summed E-state index contributed by atoms with van der Waals surface area (Å²) in [5.41, 5.74) is 6.78. The second-order valence-electron chi connectivity index (χ2n) is 3.01. The van der Waals surface area contributed by atoms with Gasteiger partial charge in [-0.25, -0.2) is 0 Å². The zero-order chi connectivity index (χ0) is 10.8. The number of nitrogens with zero attached hydrogens (tertiary/aromatic N) is 1. The molecule has 4 heteroatoms. The Balaban J connectivity index is 2.46. The molecule has 0 aliphatic heterocycles. The largest absolute Gasteiger partial charge is 0.440 e.